The molecular formula is C27H19NO3S. The van der Waals surface area contributed by atoms with E-state index < -0.39 is 0 Å². The Kier molecular flexibility index (Phi) is 5.04. The molecule has 1 aliphatic rings. The number of phenolic OH excluding ortho intramolecular Hbond substituents is 1. The first-order valence-electron chi connectivity index (χ1n) is 10.2. The Morgan fingerprint density at radius 2 is 1.47 bits per heavy atom. The normalized spacial score (nSPS) is 12.3. The Labute approximate surface area is 189 Å². The van der Waals surface area contributed by atoms with E-state index in [9.17, 15) is 14.7 Å². The van der Waals surface area contributed by atoms with Crippen molar-refractivity contribution in [1.29, 1.82) is 0 Å². The standard InChI is InChI=1S/C27H19NO3S/c1-16-10-12-18(13-11-16)32-22-9-5-8-19-23(22)27(31)24-20(28-17-6-3-2-4-7-17)14-15-21(29)25(24)26(19)30/h2-15,28-29H,1H3. The van der Waals surface area contributed by atoms with E-state index >= 15 is 0 Å². The summed E-state index contributed by atoms with van der Waals surface area (Å²) >= 11 is 1.45. The number of nitrogens with one attached hydrogen (secondary N) is 1. The number of aryl methyl sites for hydroxylation is 1. The van der Waals surface area contributed by atoms with E-state index in [0.29, 0.717) is 21.7 Å². The van der Waals surface area contributed by atoms with E-state index in [2.05, 4.69) is 5.32 Å². The van der Waals surface area contributed by atoms with Crippen molar-refractivity contribution in [3.63, 3.8) is 0 Å². The lowest BCUT2D eigenvalue weighted by molar-refractivity contribution is 0.0975. The molecule has 4 aromatic carbocycles. The number of carbonyl (C=O) groups is 2. The summed E-state index contributed by atoms with van der Waals surface area (Å²) in [5, 5.41) is 13.7. The smallest absolute Gasteiger partial charge is 0.198 e. The van der Waals surface area contributed by atoms with E-state index in [1.807, 2.05) is 67.6 Å². The number of rotatable bonds is 4. The Morgan fingerprint density at radius 1 is 0.719 bits per heavy atom. The van der Waals surface area contributed by atoms with Gasteiger partial charge in [-0.15, -0.1) is 0 Å². The maximum atomic E-state index is 13.8. The monoisotopic (exact) mass is 437 g/mol. The largest absolute Gasteiger partial charge is 0.507 e. The van der Waals surface area contributed by atoms with Gasteiger partial charge in [-0.2, -0.15) is 0 Å². The van der Waals surface area contributed by atoms with Gasteiger partial charge in [-0.05, 0) is 49.4 Å². The molecule has 0 unspecified atom stereocenters. The second kappa shape index (κ2) is 8.02. The van der Waals surface area contributed by atoms with Gasteiger partial charge in [0.15, 0.2) is 11.6 Å². The molecule has 0 saturated carbocycles. The first kappa shape index (κ1) is 20.1. The molecule has 0 amide bonds. The molecule has 156 valence electrons. The van der Waals surface area contributed by atoms with Crippen molar-refractivity contribution in [3.05, 3.63) is 113 Å². The number of hydrogen-bond acceptors (Lipinski definition) is 5. The zero-order chi connectivity index (χ0) is 22.2. The SMILES string of the molecule is Cc1ccc(Sc2cccc3c2C(=O)c2c(Nc4ccccc4)ccc(O)c2C3=O)cc1. The predicted octanol–water partition coefficient (Wildman–Crippen LogP) is 6.37. The van der Waals surface area contributed by atoms with Gasteiger partial charge in [-0.3, -0.25) is 9.59 Å². The van der Waals surface area contributed by atoms with Crippen LogP contribution in [0.25, 0.3) is 0 Å². The summed E-state index contributed by atoms with van der Waals surface area (Å²) in [6.45, 7) is 2.02. The van der Waals surface area contributed by atoms with Gasteiger partial charge in [-0.1, -0.05) is 59.8 Å². The molecule has 1 aliphatic carbocycles. The van der Waals surface area contributed by atoms with Crippen molar-refractivity contribution < 1.29 is 14.7 Å². The number of benzene rings is 4. The first-order chi connectivity index (χ1) is 15.5. The number of fused-ring (bicyclic) bond motifs is 2. The number of carbonyl (C=O) groups excluding carboxylic acids is 2. The number of aromatic hydroxyl groups is 1. The van der Waals surface area contributed by atoms with Gasteiger partial charge in [0, 0.05) is 26.6 Å². The third kappa shape index (κ3) is 3.47. The molecule has 4 aromatic rings. The fraction of sp³-hybridized carbons (Fsp3) is 0.0370. The summed E-state index contributed by atoms with van der Waals surface area (Å²) in [5.74, 6) is -0.825. The van der Waals surface area contributed by atoms with Crippen molar-refractivity contribution in [1.82, 2.24) is 0 Å². The fourth-order valence-corrected chi connectivity index (χ4v) is 4.85. The Morgan fingerprint density at radius 3 is 2.22 bits per heavy atom. The van der Waals surface area contributed by atoms with Crippen LogP contribution in [0.5, 0.6) is 5.75 Å². The van der Waals surface area contributed by atoms with Gasteiger partial charge >= 0.3 is 0 Å². The van der Waals surface area contributed by atoms with Crippen molar-refractivity contribution in [2.75, 3.05) is 5.32 Å². The Bertz CT molecular complexity index is 1360. The molecule has 0 saturated heterocycles. The van der Waals surface area contributed by atoms with Gasteiger partial charge in [0.25, 0.3) is 0 Å². The van der Waals surface area contributed by atoms with Crippen LogP contribution in [0.4, 0.5) is 11.4 Å². The molecule has 0 heterocycles. The molecule has 4 nitrogen and oxygen atoms in total. The highest BCUT2D eigenvalue weighted by Crippen LogP contribution is 2.42. The van der Waals surface area contributed by atoms with Gasteiger partial charge in [-0.25, -0.2) is 0 Å². The minimum absolute atomic E-state index is 0.0425. The second-order valence-electron chi connectivity index (χ2n) is 7.63. The molecule has 0 fully saturated rings. The summed E-state index contributed by atoms with van der Waals surface area (Å²) in [4.78, 5) is 28.8. The molecule has 0 radical (unpaired) electrons. The molecule has 32 heavy (non-hydrogen) atoms. The molecule has 0 bridgehead atoms. The predicted molar refractivity (Wildman–Crippen MR) is 126 cm³/mol. The van der Waals surface area contributed by atoms with Crippen molar-refractivity contribution in [3.8, 4) is 5.75 Å². The second-order valence-corrected chi connectivity index (χ2v) is 8.74. The molecule has 0 aliphatic heterocycles. The average Bonchev–Trinajstić information content (AvgIpc) is 2.80. The highest BCUT2D eigenvalue weighted by atomic mass is 32.2. The lowest BCUT2D eigenvalue weighted by Crippen LogP contribution is -2.23. The minimum Gasteiger partial charge on any atom is -0.507 e. The highest BCUT2D eigenvalue weighted by Gasteiger charge is 2.36. The highest BCUT2D eigenvalue weighted by molar-refractivity contribution is 7.99. The van der Waals surface area contributed by atoms with Crippen LogP contribution in [-0.2, 0) is 0 Å². The van der Waals surface area contributed by atoms with Gasteiger partial charge in [0.1, 0.15) is 5.75 Å². The van der Waals surface area contributed by atoms with E-state index in [0.717, 1.165) is 16.1 Å². The van der Waals surface area contributed by atoms with Crippen molar-refractivity contribution >= 4 is 34.7 Å². The zero-order valence-corrected chi connectivity index (χ0v) is 18.1. The van der Waals surface area contributed by atoms with Crippen molar-refractivity contribution in [2.45, 2.75) is 16.7 Å². The number of para-hydroxylation sites is 1. The maximum Gasteiger partial charge on any atom is 0.198 e. The van der Waals surface area contributed by atoms with Crippen LogP contribution >= 0.6 is 11.8 Å². The number of phenols is 1. The molecule has 0 aromatic heterocycles. The summed E-state index contributed by atoms with van der Waals surface area (Å²) < 4.78 is 0. The van der Waals surface area contributed by atoms with Crippen LogP contribution in [0.2, 0.25) is 0 Å². The number of anilines is 2. The average molecular weight is 438 g/mol. The Balaban J connectivity index is 1.64. The molecule has 2 N–H and O–H groups in total. The maximum absolute atomic E-state index is 13.8. The molecule has 0 atom stereocenters. The Hall–Kier alpha value is -3.83. The zero-order valence-electron chi connectivity index (χ0n) is 17.3. The first-order valence-corrected chi connectivity index (χ1v) is 11.0. The van der Waals surface area contributed by atoms with Crippen LogP contribution in [0, 0.1) is 6.92 Å². The lowest BCUT2D eigenvalue weighted by Gasteiger charge is -2.23. The fourth-order valence-electron chi connectivity index (χ4n) is 3.87. The number of ketones is 2. The summed E-state index contributed by atoms with van der Waals surface area (Å²) in [6.07, 6.45) is 0. The quantitative estimate of drug-likeness (QED) is 0.320. The topological polar surface area (TPSA) is 66.4 Å². The van der Waals surface area contributed by atoms with Gasteiger partial charge < -0.3 is 10.4 Å². The van der Waals surface area contributed by atoms with E-state index in [4.69, 9.17) is 0 Å². The molecule has 5 rings (SSSR count). The molecule has 0 spiro atoms. The minimum atomic E-state index is -0.352. The molecular weight excluding hydrogens is 418 g/mol. The summed E-state index contributed by atoms with van der Waals surface area (Å²) in [7, 11) is 0. The van der Waals surface area contributed by atoms with Crippen LogP contribution < -0.4 is 5.32 Å². The van der Waals surface area contributed by atoms with Crippen LogP contribution in [0.3, 0.4) is 0 Å². The summed E-state index contributed by atoms with van der Waals surface area (Å²) in [5.41, 5.74) is 3.35. The third-order valence-corrected chi connectivity index (χ3v) is 6.50. The lowest BCUT2D eigenvalue weighted by atomic mass is 9.82. The summed E-state index contributed by atoms with van der Waals surface area (Å²) in [6, 6.07) is 25.8. The van der Waals surface area contributed by atoms with E-state index in [1.54, 1.807) is 18.2 Å². The van der Waals surface area contributed by atoms with Gasteiger partial charge in [0.05, 0.1) is 16.8 Å². The number of hydrogen-bond donors (Lipinski definition) is 2. The van der Waals surface area contributed by atoms with E-state index in [-0.39, 0.29) is 28.4 Å². The van der Waals surface area contributed by atoms with Crippen LogP contribution in [0.15, 0.2) is 94.7 Å². The molecule has 5 heteroatoms. The van der Waals surface area contributed by atoms with E-state index in [1.165, 1.54) is 17.8 Å². The van der Waals surface area contributed by atoms with Crippen molar-refractivity contribution in [2.24, 2.45) is 0 Å². The van der Waals surface area contributed by atoms with Crippen LogP contribution in [-0.4, -0.2) is 16.7 Å². The van der Waals surface area contributed by atoms with Gasteiger partial charge in [0.2, 0.25) is 0 Å². The van der Waals surface area contributed by atoms with Crippen LogP contribution in [0.1, 0.15) is 37.4 Å². The third-order valence-electron chi connectivity index (χ3n) is 5.44.